The first-order chi connectivity index (χ1) is 7.83. The Labute approximate surface area is 96.9 Å². The topological polar surface area (TPSA) is 38.8 Å². The van der Waals surface area contributed by atoms with E-state index in [2.05, 4.69) is 4.90 Å². The first kappa shape index (κ1) is 11.9. The molecule has 2 rings (SSSR count). The van der Waals surface area contributed by atoms with E-state index in [1.165, 1.54) is 6.42 Å². The van der Waals surface area contributed by atoms with Crippen molar-refractivity contribution < 1.29 is 14.3 Å². The van der Waals surface area contributed by atoms with E-state index >= 15 is 0 Å². The molecule has 2 aliphatic rings. The summed E-state index contributed by atoms with van der Waals surface area (Å²) in [5.74, 6) is -0.0471. The second-order valence-corrected chi connectivity index (χ2v) is 4.52. The van der Waals surface area contributed by atoms with Crippen molar-refractivity contribution in [3.8, 4) is 0 Å². The Balaban J connectivity index is 1.98. The molecule has 2 heterocycles. The average Bonchev–Trinajstić information content (AvgIpc) is 2.83. The fraction of sp³-hybridized carbons (Fsp3) is 0.917. The van der Waals surface area contributed by atoms with Gasteiger partial charge in [-0.1, -0.05) is 6.42 Å². The van der Waals surface area contributed by atoms with E-state index in [1.54, 1.807) is 0 Å². The maximum absolute atomic E-state index is 11.9. The Morgan fingerprint density at radius 1 is 1.44 bits per heavy atom. The summed E-state index contributed by atoms with van der Waals surface area (Å²) in [6.07, 6.45) is 4.31. The van der Waals surface area contributed by atoms with Gasteiger partial charge in [-0.2, -0.15) is 0 Å². The van der Waals surface area contributed by atoms with Gasteiger partial charge in [0.05, 0.1) is 13.2 Å². The maximum atomic E-state index is 11.9. The van der Waals surface area contributed by atoms with E-state index in [-0.39, 0.29) is 12.0 Å². The van der Waals surface area contributed by atoms with Gasteiger partial charge in [-0.15, -0.1) is 0 Å². The van der Waals surface area contributed by atoms with Gasteiger partial charge in [0, 0.05) is 12.6 Å². The van der Waals surface area contributed by atoms with Gasteiger partial charge in [0.2, 0.25) is 0 Å². The van der Waals surface area contributed by atoms with Crippen LogP contribution < -0.4 is 0 Å². The molecule has 2 saturated heterocycles. The molecule has 0 saturated carbocycles. The van der Waals surface area contributed by atoms with Crippen LogP contribution in [-0.4, -0.2) is 49.3 Å². The number of hydrogen-bond donors (Lipinski definition) is 0. The van der Waals surface area contributed by atoms with Gasteiger partial charge in [-0.3, -0.25) is 9.69 Å². The summed E-state index contributed by atoms with van der Waals surface area (Å²) in [6.45, 7) is 4.96. The number of esters is 1. The summed E-state index contributed by atoms with van der Waals surface area (Å²) in [6, 6.07) is 0.398. The van der Waals surface area contributed by atoms with E-state index in [1.807, 2.05) is 6.92 Å². The second kappa shape index (κ2) is 5.64. The predicted octanol–water partition coefficient (Wildman–Crippen LogP) is 1.19. The van der Waals surface area contributed by atoms with Crippen LogP contribution in [0.4, 0.5) is 0 Å². The first-order valence-electron chi connectivity index (χ1n) is 6.33. The zero-order valence-electron chi connectivity index (χ0n) is 9.98. The molecule has 0 bridgehead atoms. The summed E-state index contributed by atoms with van der Waals surface area (Å²) in [7, 11) is 0. The standard InChI is InChI=1S/C12H21NO3/c1-2-16-12(14)11-5-3-4-7-13(11)10-6-8-15-9-10/h10-11H,2-9H2,1H3. The molecule has 4 heteroatoms. The minimum atomic E-state index is -0.0471. The molecule has 0 spiro atoms. The van der Waals surface area contributed by atoms with Crippen molar-refractivity contribution in [1.82, 2.24) is 4.90 Å². The molecule has 0 radical (unpaired) electrons. The molecule has 16 heavy (non-hydrogen) atoms. The number of hydrogen-bond acceptors (Lipinski definition) is 4. The molecule has 4 nitrogen and oxygen atoms in total. The van der Waals surface area contributed by atoms with E-state index in [0.717, 1.165) is 39.0 Å². The lowest BCUT2D eigenvalue weighted by atomic mass is 9.99. The third kappa shape index (κ3) is 2.55. The smallest absolute Gasteiger partial charge is 0.323 e. The SMILES string of the molecule is CCOC(=O)C1CCCCN1C1CCOC1. The number of nitrogens with zero attached hydrogens (tertiary/aromatic N) is 1. The van der Waals surface area contributed by atoms with Crippen LogP contribution in [0.15, 0.2) is 0 Å². The monoisotopic (exact) mass is 227 g/mol. The van der Waals surface area contributed by atoms with Crippen molar-refractivity contribution in [2.45, 2.75) is 44.7 Å². The summed E-state index contributed by atoms with van der Waals surface area (Å²) in [5, 5.41) is 0. The predicted molar refractivity (Wildman–Crippen MR) is 60.2 cm³/mol. The van der Waals surface area contributed by atoms with Crippen molar-refractivity contribution in [2.24, 2.45) is 0 Å². The van der Waals surface area contributed by atoms with Gasteiger partial charge in [0.15, 0.2) is 0 Å². The number of likely N-dealkylation sites (tertiary alicyclic amines) is 1. The molecular formula is C12H21NO3. The van der Waals surface area contributed by atoms with Crippen LogP contribution in [0.25, 0.3) is 0 Å². The molecule has 2 atom stereocenters. The third-order valence-corrected chi connectivity index (χ3v) is 3.48. The van der Waals surface area contributed by atoms with Crippen LogP contribution in [0.5, 0.6) is 0 Å². The molecule has 92 valence electrons. The average molecular weight is 227 g/mol. The Kier molecular flexibility index (Phi) is 4.18. The van der Waals surface area contributed by atoms with Gasteiger partial charge >= 0.3 is 5.97 Å². The summed E-state index contributed by atoms with van der Waals surface area (Å²) in [4.78, 5) is 14.2. The molecule has 0 aromatic rings. The van der Waals surface area contributed by atoms with Crippen molar-refractivity contribution in [3.05, 3.63) is 0 Å². The zero-order valence-corrected chi connectivity index (χ0v) is 9.98. The fourth-order valence-corrected chi connectivity index (χ4v) is 2.67. The van der Waals surface area contributed by atoms with Crippen LogP contribution in [-0.2, 0) is 14.3 Å². The zero-order chi connectivity index (χ0) is 11.4. The fourth-order valence-electron chi connectivity index (χ4n) is 2.67. The highest BCUT2D eigenvalue weighted by Crippen LogP contribution is 2.24. The van der Waals surface area contributed by atoms with Gasteiger partial charge in [-0.25, -0.2) is 0 Å². The van der Waals surface area contributed by atoms with E-state index < -0.39 is 0 Å². The second-order valence-electron chi connectivity index (χ2n) is 4.52. The van der Waals surface area contributed by atoms with Crippen LogP contribution in [0.1, 0.15) is 32.6 Å². The van der Waals surface area contributed by atoms with Crippen LogP contribution in [0.3, 0.4) is 0 Å². The lowest BCUT2D eigenvalue weighted by Crippen LogP contribution is -2.50. The van der Waals surface area contributed by atoms with E-state index in [9.17, 15) is 4.79 Å². The molecule has 0 N–H and O–H groups in total. The minimum absolute atomic E-state index is 0.0274. The molecular weight excluding hydrogens is 206 g/mol. The number of ether oxygens (including phenoxy) is 2. The van der Waals surface area contributed by atoms with Gasteiger partial charge in [0.25, 0.3) is 0 Å². The highest BCUT2D eigenvalue weighted by Gasteiger charge is 2.35. The Morgan fingerprint density at radius 2 is 2.31 bits per heavy atom. The molecule has 0 aromatic heterocycles. The molecule has 2 unspecified atom stereocenters. The Morgan fingerprint density at radius 3 is 3.00 bits per heavy atom. The van der Waals surface area contributed by atoms with Crippen molar-refractivity contribution >= 4 is 5.97 Å². The Bertz CT molecular complexity index is 238. The van der Waals surface area contributed by atoms with E-state index in [0.29, 0.717) is 12.6 Å². The number of rotatable bonds is 3. The van der Waals surface area contributed by atoms with Crippen LogP contribution in [0.2, 0.25) is 0 Å². The molecule has 0 aromatic carbocycles. The summed E-state index contributed by atoms with van der Waals surface area (Å²) in [5.41, 5.74) is 0. The Hall–Kier alpha value is -0.610. The highest BCUT2D eigenvalue weighted by molar-refractivity contribution is 5.75. The first-order valence-corrected chi connectivity index (χ1v) is 6.33. The van der Waals surface area contributed by atoms with Crippen LogP contribution in [0, 0.1) is 0 Å². The summed E-state index contributed by atoms with van der Waals surface area (Å²) < 4.78 is 10.6. The van der Waals surface area contributed by atoms with E-state index in [4.69, 9.17) is 9.47 Å². The number of carbonyl (C=O) groups is 1. The molecule has 2 fully saturated rings. The molecule has 0 aliphatic carbocycles. The maximum Gasteiger partial charge on any atom is 0.323 e. The van der Waals surface area contributed by atoms with Gasteiger partial charge in [0.1, 0.15) is 6.04 Å². The lowest BCUT2D eigenvalue weighted by Gasteiger charge is -2.37. The number of piperidine rings is 1. The minimum Gasteiger partial charge on any atom is -0.465 e. The molecule has 2 aliphatic heterocycles. The number of carbonyl (C=O) groups excluding carboxylic acids is 1. The van der Waals surface area contributed by atoms with Crippen molar-refractivity contribution in [3.63, 3.8) is 0 Å². The van der Waals surface area contributed by atoms with Gasteiger partial charge < -0.3 is 9.47 Å². The van der Waals surface area contributed by atoms with Gasteiger partial charge in [-0.05, 0) is 32.7 Å². The lowest BCUT2D eigenvalue weighted by molar-refractivity contribution is -0.152. The quantitative estimate of drug-likeness (QED) is 0.679. The highest BCUT2D eigenvalue weighted by atomic mass is 16.5. The normalized spacial score (nSPS) is 31.6. The summed E-state index contributed by atoms with van der Waals surface area (Å²) >= 11 is 0. The van der Waals surface area contributed by atoms with Crippen molar-refractivity contribution in [1.29, 1.82) is 0 Å². The van der Waals surface area contributed by atoms with Crippen molar-refractivity contribution in [2.75, 3.05) is 26.4 Å². The molecule has 0 amide bonds. The largest absolute Gasteiger partial charge is 0.465 e. The van der Waals surface area contributed by atoms with Crippen LogP contribution >= 0.6 is 0 Å². The third-order valence-electron chi connectivity index (χ3n) is 3.48.